The number of thiophene rings is 1. The van der Waals surface area contributed by atoms with Gasteiger partial charge in [-0.1, -0.05) is 97.1 Å². The number of oxazole rings is 1. The predicted molar refractivity (Wildman–Crippen MR) is 190 cm³/mol. The summed E-state index contributed by atoms with van der Waals surface area (Å²) in [7, 11) is 0. The lowest BCUT2D eigenvalue weighted by atomic mass is 10.0. The monoisotopic (exact) mass is 594 g/mol. The lowest BCUT2D eigenvalue weighted by Crippen LogP contribution is -2.10. The van der Waals surface area contributed by atoms with Gasteiger partial charge in [0.15, 0.2) is 5.58 Å². The van der Waals surface area contributed by atoms with Gasteiger partial charge < -0.3 is 9.32 Å². The number of fused-ring (bicyclic) bond motifs is 6. The zero-order chi connectivity index (χ0) is 29.7. The maximum atomic E-state index is 6.25. The van der Waals surface area contributed by atoms with Crippen LogP contribution in [0, 0.1) is 0 Å². The van der Waals surface area contributed by atoms with E-state index in [9.17, 15) is 0 Å². The Hall–Kier alpha value is -5.71. The fourth-order valence-electron chi connectivity index (χ4n) is 6.37. The quantitative estimate of drug-likeness (QED) is 0.198. The van der Waals surface area contributed by atoms with Gasteiger partial charge in [-0.2, -0.15) is 0 Å². The van der Waals surface area contributed by atoms with Crippen LogP contribution in [-0.2, 0) is 0 Å². The molecule has 0 radical (unpaired) electrons. The molecule has 0 amide bonds. The molecular weight excluding hydrogens is 569 g/mol. The summed E-state index contributed by atoms with van der Waals surface area (Å²) in [6.45, 7) is 0. The molecule has 0 aliphatic carbocycles. The second kappa shape index (κ2) is 10.5. The molecule has 0 atom stereocenters. The molecule has 0 fully saturated rings. The van der Waals surface area contributed by atoms with Gasteiger partial charge in [0.05, 0.1) is 5.69 Å². The Balaban J connectivity index is 1.27. The van der Waals surface area contributed by atoms with Crippen molar-refractivity contribution in [3.8, 4) is 22.6 Å². The molecule has 0 N–H and O–H groups in total. The van der Waals surface area contributed by atoms with Crippen LogP contribution in [0.15, 0.2) is 162 Å². The lowest BCUT2D eigenvalue weighted by molar-refractivity contribution is 0.620. The summed E-state index contributed by atoms with van der Waals surface area (Å²) in [5.41, 5.74) is 8.27. The van der Waals surface area contributed by atoms with Crippen LogP contribution in [0.3, 0.4) is 0 Å². The number of hydrogen-bond donors (Lipinski definition) is 0. The first-order chi connectivity index (χ1) is 22.3. The molecule has 45 heavy (non-hydrogen) atoms. The molecule has 0 saturated carbocycles. The maximum Gasteiger partial charge on any atom is 0.227 e. The van der Waals surface area contributed by atoms with Gasteiger partial charge in [0, 0.05) is 47.9 Å². The molecule has 0 unspecified atom stereocenters. The summed E-state index contributed by atoms with van der Waals surface area (Å²) in [6.07, 6.45) is 0. The molecule has 4 heteroatoms. The van der Waals surface area contributed by atoms with Gasteiger partial charge in [0.1, 0.15) is 5.52 Å². The smallest absolute Gasteiger partial charge is 0.227 e. The molecule has 212 valence electrons. The Kier molecular flexibility index (Phi) is 6.00. The highest BCUT2D eigenvalue weighted by Crippen LogP contribution is 2.44. The zero-order valence-electron chi connectivity index (χ0n) is 24.2. The Morgan fingerprint density at radius 2 is 1.13 bits per heavy atom. The van der Waals surface area contributed by atoms with Crippen LogP contribution in [0.2, 0.25) is 0 Å². The van der Waals surface area contributed by atoms with E-state index < -0.39 is 0 Å². The molecule has 0 bridgehead atoms. The number of hydrogen-bond acceptors (Lipinski definition) is 4. The summed E-state index contributed by atoms with van der Waals surface area (Å²) in [5, 5.41) is 4.75. The Morgan fingerprint density at radius 3 is 2.00 bits per heavy atom. The minimum absolute atomic E-state index is 0.631. The topological polar surface area (TPSA) is 29.3 Å². The van der Waals surface area contributed by atoms with E-state index in [0.717, 1.165) is 44.5 Å². The standard InChI is InChI=1S/C41H26N2OS/c1-3-11-27(12-4-1)29-15-9-16-30(25-29)43(31-21-22-34-33-17-7-8-20-38(33)45-39(34)26-31)36-19-10-18-35-32(36)23-24-37-40(35)42-41(44-37)28-13-5-2-6-14-28/h1-26H. The zero-order valence-corrected chi connectivity index (χ0v) is 25.0. The van der Waals surface area contributed by atoms with Crippen LogP contribution >= 0.6 is 11.3 Å². The number of anilines is 3. The molecule has 7 aromatic carbocycles. The second-order valence-corrected chi connectivity index (χ2v) is 12.3. The van der Waals surface area contributed by atoms with Gasteiger partial charge in [-0.05, 0) is 71.8 Å². The molecule has 2 heterocycles. The summed E-state index contributed by atoms with van der Waals surface area (Å²) in [6, 6.07) is 55.7. The molecule has 0 aliphatic heterocycles. The van der Waals surface area contributed by atoms with Crippen molar-refractivity contribution in [3.05, 3.63) is 158 Å². The minimum Gasteiger partial charge on any atom is -0.436 e. The minimum atomic E-state index is 0.631. The highest BCUT2D eigenvalue weighted by molar-refractivity contribution is 7.25. The first kappa shape index (κ1) is 25.8. The van der Waals surface area contributed by atoms with E-state index >= 15 is 0 Å². The third-order valence-electron chi connectivity index (χ3n) is 8.49. The van der Waals surface area contributed by atoms with Gasteiger partial charge in [-0.3, -0.25) is 0 Å². The van der Waals surface area contributed by atoms with Crippen molar-refractivity contribution in [3.63, 3.8) is 0 Å². The molecule has 0 aliphatic rings. The second-order valence-electron chi connectivity index (χ2n) is 11.2. The van der Waals surface area contributed by atoms with Gasteiger partial charge in [-0.15, -0.1) is 11.3 Å². The van der Waals surface area contributed by atoms with E-state index in [1.54, 1.807) is 0 Å². The van der Waals surface area contributed by atoms with Gasteiger partial charge in [0.2, 0.25) is 5.89 Å². The molecular formula is C41H26N2OS. The van der Waals surface area contributed by atoms with Crippen LogP contribution in [-0.4, -0.2) is 4.98 Å². The predicted octanol–water partition coefficient (Wildman–Crippen LogP) is 12.2. The van der Waals surface area contributed by atoms with E-state index in [0.29, 0.717) is 5.89 Å². The van der Waals surface area contributed by atoms with Crippen molar-refractivity contribution in [1.82, 2.24) is 4.98 Å². The van der Waals surface area contributed by atoms with Crippen LogP contribution in [0.1, 0.15) is 0 Å². The average molecular weight is 595 g/mol. The average Bonchev–Trinajstić information content (AvgIpc) is 3.71. The van der Waals surface area contributed by atoms with E-state index in [2.05, 4.69) is 126 Å². The molecule has 9 aromatic rings. The molecule has 2 aromatic heterocycles. The Bertz CT molecular complexity index is 2500. The first-order valence-corrected chi connectivity index (χ1v) is 15.9. The number of aromatic nitrogens is 1. The van der Waals surface area contributed by atoms with Crippen molar-refractivity contribution < 1.29 is 4.42 Å². The van der Waals surface area contributed by atoms with E-state index in [1.807, 2.05) is 47.7 Å². The lowest BCUT2D eigenvalue weighted by Gasteiger charge is -2.27. The highest BCUT2D eigenvalue weighted by Gasteiger charge is 2.20. The van der Waals surface area contributed by atoms with Crippen LogP contribution in [0.5, 0.6) is 0 Å². The van der Waals surface area contributed by atoms with Crippen molar-refractivity contribution in [1.29, 1.82) is 0 Å². The van der Waals surface area contributed by atoms with Crippen molar-refractivity contribution in [2.45, 2.75) is 0 Å². The molecule has 3 nitrogen and oxygen atoms in total. The van der Waals surface area contributed by atoms with Crippen LogP contribution < -0.4 is 4.90 Å². The maximum absolute atomic E-state index is 6.25. The van der Waals surface area contributed by atoms with E-state index in [1.165, 1.54) is 31.3 Å². The first-order valence-electron chi connectivity index (χ1n) is 15.0. The summed E-state index contributed by atoms with van der Waals surface area (Å²) in [4.78, 5) is 7.37. The summed E-state index contributed by atoms with van der Waals surface area (Å²) < 4.78 is 8.82. The van der Waals surface area contributed by atoms with Gasteiger partial charge >= 0.3 is 0 Å². The van der Waals surface area contributed by atoms with Crippen LogP contribution in [0.25, 0.3) is 64.6 Å². The molecule has 0 saturated heterocycles. The van der Waals surface area contributed by atoms with Gasteiger partial charge in [-0.25, -0.2) is 4.98 Å². The summed E-state index contributed by atoms with van der Waals surface area (Å²) >= 11 is 1.84. The normalized spacial score (nSPS) is 11.6. The Labute approximate surface area is 264 Å². The SMILES string of the molecule is c1ccc(-c2cccc(N(c3ccc4c(c3)sc3ccccc34)c3cccc4c3ccc3oc(-c5ccccc5)nc34)c2)cc1. The third kappa shape index (κ3) is 4.38. The van der Waals surface area contributed by atoms with Gasteiger partial charge in [0.25, 0.3) is 0 Å². The van der Waals surface area contributed by atoms with Crippen molar-refractivity contribution in [2.75, 3.05) is 4.90 Å². The van der Waals surface area contributed by atoms with E-state index in [-0.39, 0.29) is 0 Å². The molecule has 9 rings (SSSR count). The molecule has 0 spiro atoms. The number of rotatable bonds is 5. The van der Waals surface area contributed by atoms with Crippen LogP contribution in [0.4, 0.5) is 17.1 Å². The van der Waals surface area contributed by atoms with Crippen molar-refractivity contribution >= 4 is 70.4 Å². The number of benzene rings is 7. The van der Waals surface area contributed by atoms with E-state index in [4.69, 9.17) is 9.40 Å². The summed E-state index contributed by atoms with van der Waals surface area (Å²) in [5.74, 6) is 0.631. The fraction of sp³-hybridized carbons (Fsp3) is 0. The third-order valence-corrected chi connectivity index (χ3v) is 9.62. The largest absolute Gasteiger partial charge is 0.436 e. The highest BCUT2D eigenvalue weighted by atomic mass is 32.1. The number of nitrogens with zero attached hydrogens (tertiary/aromatic N) is 2. The van der Waals surface area contributed by atoms with Crippen molar-refractivity contribution in [2.24, 2.45) is 0 Å². The Morgan fingerprint density at radius 1 is 0.467 bits per heavy atom. The fourth-order valence-corrected chi connectivity index (χ4v) is 7.51.